The summed E-state index contributed by atoms with van der Waals surface area (Å²) >= 11 is 0. The molecule has 1 N–H and O–H groups in total. The molecule has 0 radical (unpaired) electrons. The van der Waals surface area contributed by atoms with Crippen LogP contribution in [-0.2, 0) is 4.74 Å². The molecule has 106 valence electrons. The molecule has 4 unspecified atom stereocenters. The Balaban J connectivity index is 1.83. The van der Waals surface area contributed by atoms with Crippen LogP contribution in [0.4, 0.5) is 0 Å². The molecule has 2 aliphatic rings. The minimum atomic E-state index is 0.700. The van der Waals surface area contributed by atoms with Crippen LogP contribution in [0.1, 0.15) is 40.0 Å². The van der Waals surface area contributed by atoms with E-state index in [1.807, 2.05) is 0 Å². The van der Waals surface area contributed by atoms with Crippen LogP contribution in [-0.4, -0.2) is 49.8 Å². The standard InChI is InChI=1S/C15H30N2O/c1-4-7-16-14-5-8-17(10-12(14)2)15-6-9-18-11-13(15)3/h12-16H,4-11H2,1-3H3. The average molecular weight is 254 g/mol. The number of hydrogen-bond acceptors (Lipinski definition) is 3. The molecule has 2 aliphatic heterocycles. The Morgan fingerprint density at radius 2 is 2.06 bits per heavy atom. The van der Waals surface area contributed by atoms with Crippen molar-refractivity contribution < 1.29 is 4.74 Å². The summed E-state index contributed by atoms with van der Waals surface area (Å²) in [6.45, 7) is 12.6. The summed E-state index contributed by atoms with van der Waals surface area (Å²) in [6.07, 6.45) is 3.77. The molecular formula is C15H30N2O. The highest BCUT2D eigenvalue weighted by Crippen LogP contribution is 2.26. The molecular weight excluding hydrogens is 224 g/mol. The molecule has 0 aromatic rings. The minimum Gasteiger partial charge on any atom is -0.381 e. The Kier molecular flexibility index (Phi) is 5.46. The van der Waals surface area contributed by atoms with E-state index in [9.17, 15) is 0 Å². The van der Waals surface area contributed by atoms with Gasteiger partial charge in [0.15, 0.2) is 0 Å². The molecule has 0 spiro atoms. The molecule has 0 saturated carbocycles. The monoisotopic (exact) mass is 254 g/mol. The number of nitrogens with one attached hydrogen (secondary N) is 1. The van der Waals surface area contributed by atoms with Gasteiger partial charge in [-0.1, -0.05) is 20.8 Å². The average Bonchev–Trinajstić information content (AvgIpc) is 2.38. The van der Waals surface area contributed by atoms with Gasteiger partial charge in [-0.05, 0) is 44.2 Å². The van der Waals surface area contributed by atoms with Crippen molar-refractivity contribution in [1.29, 1.82) is 0 Å². The highest BCUT2D eigenvalue weighted by atomic mass is 16.5. The Bertz CT molecular complexity index is 247. The van der Waals surface area contributed by atoms with Crippen molar-refractivity contribution in [2.45, 2.75) is 52.1 Å². The van der Waals surface area contributed by atoms with Gasteiger partial charge in [-0.15, -0.1) is 0 Å². The fraction of sp³-hybridized carbons (Fsp3) is 1.00. The maximum Gasteiger partial charge on any atom is 0.0506 e. The van der Waals surface area contributed by atoms with Gasteiger partial charge in [0.05, 0.1) is 6.61 Å². The number of rotatable bonds is 4. The number of nitrogens with zero attached hydrogens (tertiary/aromatic N) is 1. The summed E-state index contributed by atoms with van der Waals surface area (Å²) in [4.78, 5) is 2.72. The summed E-state index contributed by atoms with van der Waals surface area (Å²) in [6, 6.07) is 1.49. The molecule has 0 aromatic carbocycles. The minimum absolute atomic E-state index is 0.700. The van der Waals surface area contributed by atoms with Crippen LogP contribution in [0.15, 0.2) is 0 Å². The summed E-state index contributed by atoms with van der Waals surface area (Å²) in [5, 5.41) is 3.70. The van der Waals surface area contributed by atoms with Gasteiger partial charge in [0.1, 0.15) is 0 Å². The zero-order valence-corrected chi connectivity index (χ0v) is 12.3. The number of ether oxygens (including phenoxy) is 1. The van der Waals surface area contributed by atoms with Crippen molar-refractivity contribution in [3.8, 4) is 0 Å². The van der Waals surface area contributed by atoms with Crippen LogP contribution < -0.4 is 5.32 Å². The van der Waals surface area contributed by atoms with E-state index in [1.54, 1.807) is 0 Å². The molecule has 2 saturated heterocycles. The van der Waals surface area contributed by atoms with Crippen molar-refractivity contribution >= 4 is 0 Å². The summed E-state index contributed by atoms with van der Waals surface area (Å²) in [5.41, 5.74) is 0. The molecule has 3 nitrogen and oxygen atoms in total. The molecule has 0 bridgehead atoms. The van der Waals surface area contributed by atoms with E-state index in [-0.39, 0.29) is 0 Å². The summed E-state index contributed by atoms with van der Waals surface area (Å²) in [5.74, 6) is 1.48. The summed E-state index contributed by atoms with van der Waals surface area (Å²) in [7, 11) is 0. The van der Waals surface area contributed by atoms with Gasteiger partial charge in [0.25, 0.3) is 0 Å². The van der Waals surface area contributed by atoms with E-state index in [1.165, 1.54) is 38.9 Å². The van der Waals surface area contributed by atoms with E-state index in [4.69, 9.17) is 4.74 Å². The Labute approximate surface area is 112 Å². The first-order valence-electron chi connectivity index (χ1n) is 7.77. The van der Waals surface area contributed by atoms with E-state index < -0.39 is 0 Å². The lowest BCUT2D eigenvalue weighted by Gasteiger charge is -2.45. The van der Waals surface area contributed by atoms with Crippen molar-refractivity contribution in [1.82, 2.24) is 10.2 Å². The highest BCUT2D eigenvalue weighted by Gasteiger charge is 2.33. The fourth-order valence-electron chi connectivity index (χ4n) is 3.52. The third kappa shape index (κ3) is 3.46. The predicted molar refractivity (Wildman–Crippen MR) is 75.8 cm³/mol. The maximum atomic E-state index is 5.56. The maximum absolute atomic E-state index is 5.56. The zero-order valence-electron chi connectivity index (χ0n) is 12.3. The molecule has 2 heterocycles. The molecule has 3 heteroatoms. The van der Waals surface area contributed by atoms with Gasteiger partial charge in [0.2, 0.25) is 0 Å². The molecule has 2 rings (SSSR count). The van der Waals surface area contributed by atoms with Gasteiger partial charge in [-0.2, -0.15) is 0 Å². The van der Waals surface area contributed by atoms with Crippen LogP contribution in [0.5, 0.6) is 0 Å². The van der Waals surface area contributed by atoms with Crippen LogP contribution in [0.3, 0.4) is 0 Å². The molecule has 0 aromatic heterocycles. The summed E-state index contributed by atoms with van der Waals surface area (Å²) < 4.78 is 5.56. The first kappa shape index (κ1) is 14.3. The van der Waals surface area contributed by atoms with Crippen molar-refractivity contribution in [2.75, 3.05) is 32.8 Å². The molecule has 4 atom stereocenters. The number of likely N-dealkylation sites (tertiary alicyclic amines) is 1. The van der Waals surface area contributed by atoms with Crippen molar-refractivity contribution in [2.24, 2.45) is 11.8 Å². The SMILES string of the molecule is CCCNC1CCN(C2CCOCC2C)CC1C. The molecule has 0 amide bonds. The first-order chi connectivity index (χ1) is 8.72. The van der Waals surface area contributed by atoms with Crippen LogP contribution in [0, 0.1) is 11.8 Å². The normalized spacial score (nSPS) is 38.8. The topological polar surface area (TPSA) is 24.5 Å². The smallest absolute Gasteiger partial charge is 0.0506 e. The van der Waals surface area contributed by atoms with E-state index in [0.29, 0.717) is 5.92 Å². The fourth-order valence-corrected chi connectivity index (χ4v) is 3.52. The Morgan fingerprint density at radius 3 is 2.72 bits per heavy atom. The zero-order chi connectivity index (χ0) is 13.0. The van der Waals surface area contributed by atoms with E-state index in [2.05, 4.69) is 31.0 Å². The highest BCUT2D eigenvalue weighted by molar-refractivity contribution is 4.88. The second-order valence-corrected chi connectivity index (χ2v) is 6.23. The lowest BCUT2D eigenvalue weighted by atomic mass is 9.88. The number of hydrogen-bond donors (Lipinski definition) is 1. The van der Waals surface area contributed by atoms with Crippen LogP contribution in [0.2, 0.25) is 0 Å². The second-order valence-electron chi connectivity index (χ2n) is 6.23. The third-order valence-corrected chi connectivity index (χ3v) is 4.66. The van der Waals surface area contributed by atoms with Gasteiger partial charge in [-0.3, -0.25) is 4.90 Å². The van der Waals surface area contributed by atoms with Crippen molar-refractivity contribution in [3.05, 3.63) is 0 Å². The quantitative estimate of drug-likeness (QED) is 0.832. The van der Waals surface area contributed by atoms with Crippen LogP contribution >= 0.6 is 0 Å². The van der Waals surface area contributed by atoms with Crippen LogP contribution in [0.25, 0.3) is 0 Å². The van der Waals surface area contributed by atoms with Gasteiger partial charge in [-0.25, -0.2) is 0 Å². The Hall–Kier alpha value is -0.120. The Morgan fingerprint density at radius 1 is 1.22 bits per heavy atom. The van der Waals surface area contributed by atoms with Gasteiger partial charge < -0.3 is 10.1 Å². The second kappa shape index (κ2) is 6.88. The molecule has 0 aliphatic carbocycles. The molecule has 18 heavy (non-hydrogen) atoms. The lowest BCUT2D eigenvalue weighted by Crippen LogP contribution is -2.54. The van der Waals surface area contributed by atoms with Gasteiger partial charge in [0, 0.05) is 25.2 Å². The van der Waals surface area contributed by atoms with E-state index >= 15 is 0 Å². The molecule has 2 fully saturated rings. The van der Waals surface area contributed by atoms with Crippen molar-refractivity contribution in [3.63, 3.8) is 0 Å². The van der Waals surface area contributed by atoms with Gasteiger partial charge >= 0.3 is 0 Å². The largest absolute Gasteiger partial charge is 0.381 e. The number of piperidine rings is 1. The van der Waals surface area contributed by atoms with E-state index in [0.717, 1.165) is 31.2 Å². The predicted octanol–water partition coefficient (Wildman–Crippen LogP) is 2.12. The lowest BCUT2D eigenvalue weighted by molar-refractivity contribution is -0.0221. The third-order valence-electron chi connectivity index (χ3n) is 4.66. The first-order valence-corrected chi connectivity index (χ1v) is 7.77.